The van der Waals surface area contributed by atoms with Crippen LogP contribution >= 0.6 is 0 Å². The standard InChI is InChI=1S/C20H36O2/c1-3-5-6-7-8-9-10-11-12-13-14-15-16-17-18-19-20(21)22-4-2/h11-12,14-15H,3-10,13,16-19H2,1-2H3/b12-11?,15-14-. The molecule has 0 fully saturated rings. The van der Waals surface area contributed by atoms with Crippen molar-refractivity contribution in [3.63, 3.8) is 0 Å². The zero-order valence-electron chi connectivity index (χ0n) is 14.8. The molecule has 0 aliphatic heterocycles. The molecule has 2 heteroatoms. The van der Waals surface area contributed by atoms with Gasteiger partial charge in [-0.15, -0.1) is 0 Å². The SMILES string of the molecule is CCCCCCCCC=CC/C=C\CCCCC(=O)OCC. The molecule has 0 aliphatic carbocycles. The van der Waals surface area contributed by atoms with Crippen molar-refractivity contribution in [2.75, 3.05) is 6.61 Å². The van der Waals surface area contributed by atoms with E-state index >= 15 is 0 Å². The first-order valence-electron chi connectivity index (χ1n) is 9.26. The normalized spacial score (nSPS) is 11.5. The number of ether oxygens (including phenoxy) is 1. The molecule has 0 radical (unpaired) electrons. The molecule has 2 nitrogen and oxygen atoms in total. The van der Waals surface area contributed by atoms with Crippen LogP contribution in [0, 0.1) is 0 Å². The smallest absolute Gasteiger partial charge is 0.305 e. The van der Waals surface area contributed by atoms with E-state index in [9.17, 15) is 4.79 Å². The molecule has 0 bridgehead atoms. The van der Waals surface area contributed by atoms with Gasteiger partial charge in [0, 0.05) is 6.42 Å². The van der Waals surface area contributed by atoms with Gasteiger partial charge in [0.25, 0.3) is 0 Å². The molecule has 0 amide bonds. The summed E-state index contributed by atoms with van der Waals surface area (Å²) in [5, 5.41) is 0. The van der Waals surface area contributed by atoms with Crippen molar-refractivity contribution >= 4 is 5.97 Å². The second kappa shape index (κ2) is 18.0. The van der Waals surface area contributed by atoms with E-state index in [1.807, 2.05) is 6.92 Å². The Bertz CT molecular complexity index is 292. The Hall–Kier alpha value is -1.05. The highest BCUT2D eigenvalue weighted by molar-refractivity contribution is 5.69. The third-order valence-electron chi connectivity index (χ3n) is 3.64. The Kier molecular flexibility index (Phi) is 17.1. The summed E-state index contributed by atoms with van der Waals surface area (Å²) in [5.41, 5.74) is 0. The molecule has 0 saturated carbocycles. The number of rotatable bonds is 15. The number of hydrogen-bond donors (Lipinski definition) is 0. The van der Waals surface area contributed by atoms with E-state index in [-0.39, 0.29) is 5.97 Å². The van der Waals surface area contributed by atoms with E-state index in [1.54, 1.807) is 0 Å². The molecule has 128 valence electrons. The maximum absolute atomic E-state index is 11.1. The molecule has 0 aromatic rings. The second-order valence-corrected chi connectivity index (χ2v) is 5.79. The predicted octanol–water partition coefficient (Wildman–Crippen LogP) is 6.36. The molecular formula is C20H36O2. The number of allylic oxidation sites excluding steroid dienone is 4. The second-order valence-electron chi connectivity index (χ2n) is 5.79. The highest BCUT2D eigenvalue weighted by Gasteiger charge is 1.99. The van der Waals surface area contributed by atoms with Crippen molar-refractivity contribution in [2.24, 2.45) is 0 Å². The number of unbranched alkanes of at least 4 members (excludes halogenated alkanes) is 8. The van der Waals surface area contributed by atoms with E-state index < -0.39 is 0 Å². The van der Waals surface area contributed by atoms with Crippen LogP contribution in [0.15, 0.2) is 24.3 Å². The molecule has 0 aromatic heterocycles. The highest BCUT2D eigenvalue weighted by atomic mass is 16.5. The van der Waals surface area contributed by atoms with Crippen LogP contribution in [0.2, 0.25) is 0 Å². The third-order valence-corrected chi connectivity index (χ3v) is 3.64. The van der Waals surface area contributed by atoms with Gasteiger partial charge in [-0.05, 0) is 45.4 Å². The fourth-order valence-corrected chi connectivity index (χ4v) is 2.31. The van der Waals surface area contributed by atoms with Crippen molar-refractivity contribution in [3.8, 4) is 0 Å². The van der Waals surface area contributed by atoms with E-state index in [4.69, 9.17) is 4.74 Å². The van der Waals surface area contributed by atoms with Crippen LogP contribution < -0.4 is 0 Å². The lowest BCUT2D eigenvalue weighted by Gasteiger charge is -1.99. The first kappa shape index (κ1) is 20.9. The van der Waals surface area contributed by atoms with Gasteiger partial charge in [0.05, 0.1) is 6.61 Å². The molecule has 0 heterocycles. The van der Waals surface area contributed by atoms with Gasteiger partial charge in [-0.3, -0.25) is 4.79 Å². The van der Waals surface area contributed by atoms with Gasteiger partial charge in [-0.2, -0.15) is 0 Å². The van der Waals surface area contributed by atoms with E-state index in [0.29, 0.717) is 13.0 Å². The maximum Gasteiger partial charge on any atom is 0.305 e. The largest absolute Gasteiger partial charge is 0.466 e. The van der Waals surface area contributed by atoms with E-state index in [2.05, 4.69) is 31.2 Å². The molecule has 0 aliphatic rings. The van der Waals surface area contributed by atoms with Gasteiger partial charge in [-0.25, -0.2) is 0 Å². The van der Waals surface area contributed by atoms with Gasteiger partial charge >= 0.3 is 5.97 Å². The van der Waals surface area contributed by atoms with Crippen molar-refractivity contribution in [1.29, 1.82) is 0 Å². The summed E-state index contributed by atoms with van der Waals surface area (Å²) in [6.45, 7) is 4.60. The van der Waals surface area contributed by atoms with Gasteiger partial charge < -0.3 is 4.74 Å². The van der Waals surface area contributed by atoms with E-state index in [1.165, 1.54) is 44.9 Å². The Morgan fingerprint density at radius 1 is 0.773 bits per heavy atom. The zero-order valence-corrected chi connectivity index (χ0v) is 14.8. The van der Waals surface area contributed by atoms with Gasteiger partial charge in [0.1, 0.15) is 0 Å². The maximum atomic E-state index is 11.1. The third kappa shape index (κ3) is 17.0. The van der Waals surface area contributed by atoms with Crippen molar-refractivity contribution in [1.82, 2.24) is 0 Å². The van der Waals surface area contributed by atoms with Gasteiger partial charge in [0.15, 0.2) is 0 Å². The van der Waals surface area contributed by atoms with E-state index in [0.717, 1.165) is 25.7 Å². The highest BCUT2D eigenvalue weighted by Crippen LogP contribution is 2.07. The summed E-state index contributed by atoms with van der Waals surface area (Å²) in [5.74, 6) is -0.0656. The lowest BCUT2D eigenvalue weighted by Crippen LogP contribution is -2.02. The summed E-state index contributed by atoms with van der Waals surface area (Å²) < 4.78 is 4.89. The van der Waals surface area contributed by atoms with Crippen LogP contribution in [0.4, 0.5) is 0 Å². The Morgan fingerprint density at radius 3 is 2.00 bits per heavy atom. The quantitative estimate of drug-likeness (QED) is 0.200. The predicted molar refractivity (Wildman–Crippen MR) is 96.0 cm³/mol. The minimum absolute atomic E-state index is 0.0656. The fourth-order valence-electron chi connectivity index (χ4n) is 2.31. The summed E-state index contributed by atoms with van der Waals surface area (Å²) in [4.78, 5) is 11.1. The molecule has 0 N–H and O–H groups in total. The fraction of sp³-hybridized carbons (Fsp3) is 0.750. The Labute approximate surface area is 138 Å². The minimum atomic E-state index is -0.0656. The monoisotopic (exact) mass is 308 g/mol. The van der Waals surface area contributed by atoms with Crippen LogP contribution in [0.3, 0.4) is 0 Å². The number of carbonyl (C=O) groups excluding carboxylic acids is 1. The van der Waals surface area contributed by atoms with Crippen molar-refractivity contribution in [2.45, 2.75) is 90.9 Å². The lowest BCUT2D eigenvalue weighted by molar-refractivity contribution is -0.143. The topological polar surface area (TPSA) is 26.3 Å². The van der Waals surface area contributed by atoms with Crippen LogP contribution in [-0.4, -0.2) is 12.6 Å². The molecule has 0 rings (SSSR count). The van der Waals surface area contributed by atoms with Crippen molar-refractivity contribution < 1.29 is 9.53 Å². The minimum Gasteiger partial charge on any atom is -0.466 e. The molecule has 0 atom stereocenters. The molecule has 0 spiro atoms. The summed E-state index contributed by atoms with van der Waals surface area (Å²) in [7, 11) is 0. The molecule has 0 aromatic carbocycles. The van der Waals surface area contributed by atoms with Crippen LogP contribution in [0.5, 0.6) is 0 Å². The first-order chi connectivity index (χ1) is 10.8. The number of carbonyl (C=O) groups is 1. The molecule has 0 saturated heterocycles. The van der Waals surface area contributed by atoms with Crippen LogP contribution in [0.1, 0.15) is 90.9 Å². The summed E-state index contributed by atoms with van der Waals surface area (Å²) in [6.07, 6.45) is 23.1. The average molecular weight is 309 g/mol. The average Bonchev–Trinajstić information content (AvgIpc) is 2.51. The Balaban J connectivity index is 3.25. The van der Waals surface area contributed by atoms with Crippen LogP contribution in [0.25, 0.3) is 0 Å². The van der Waals surface area contributed by atoms with Gasteiger partial charge in [-0.1, -0.05) is 63.3 Å². The number of hydrogen-bond acceptors (Lipinski definition) is 2. The Morgan fingerprint density at radius 2 is 1.36 bits per heavy atom. The first-order valence-corrected chi connectivity index (χ1v) is 9.26. The zero-order chi connectivity index (χ0) is 16.3. The van der Waals surface area contributed by atoms with Crippen LogP contribution in [-0.2, 0) is 9.53 Å². The summed E-state index contributed by atoms with van der Waals surface area (Å²) in [6, 6.07) is 0. The van der Waals surface area contributed by atoms with Crippen molar-refractivity contribution in [3.05, 3.63) is 24.3 Å². The molecule has 22 heavy (non-hydrogen) atoms. The number of esters is 1. The van der Waals surface area contributed by atoms with Gasteiger partial charge in [0.2, 0.25) is 0 Å². The summed E-state index contributed by atoms with van der Waals surface area (Å²) >= 11 is 0. The lowest BCUT2D eigenvalue weighted by atomic mass is 10.1. The molecule has 0 unspecified atom stereocenters. The molecular weight excluding hydrogens is 272 g/mol.